The Morgan fingerprint density at radius 3 is 3.07 bits per heavy atom. The van der Waals surface area contributed by atoms with Crippen molar-refractivity contribution in [3.8, 4) is 0 Å². The molecule has 1 aliphatic carbocycles. The van der Waals surface area contributed by atoms with Crippen LogP contribution in [0.25, 0.3) is 21.3 Å². The van der Waals surface area contributed by atoms with Gasteiger partial charge in [0.2, 0.25) is 5.82 Å². The fourth-order valence-corrected chi connectivity index (χ4v) is 4.93. The van der Waals surface area contributed by atoms with E-state index in [0.29, 0.717) is 21.3 Å². The Balaban J connectivity index is 1.40. The van der Waals surface area contributed by atoms with Crippen LogP contribution in [0.3, 0.4) is 0 Å². The predicted octanol–water partition coefficient (Wildman–Crippen LogP) is 1.85. The van der Waals surface area contributed by atoms with Crippen molar-refractivity contribution in [2.45, 2.75) is 25.8 Å². The molecule has 0 spiro atoms. The van der Waals surface area contributed by atoms with Gasteiger partial charge >= 0.3 is 5.76 Å². The van der Waals surface area contributed by atoms with E-state index in [1.165, 1.54) is 20.8 Å². The lowest BCUT2D eigenvalue weighted by atomic mass is 10.2. The largest absolute Gasteiger partial charge is 0.419 e. The van der Waals surface area contributed by atoms with Crippen molar-refractivity contribution in [3.63, 3.8) is 0 Å². The first-order valence-corrected chi connectivity index (χ1v) is 9.74. The Kier molecular flexibility index (Phi) is 3.73. The first kappa shape index (κ1) is 16.9. The van der Waals surface area contributed by atoms with E-state index in [1.54, 1.807) is 25.2 Å². The Bertz CT molecular complexity index is 1370. The number of carbonyl (C=O) groups excluding carboxylic acids is 1. The Morgan fingerprint density at radius 2 is 2.21 bits per heavy atom. The van der Waals surface area contributed by atoms with Crippen LogP contribution in [-0.4, -0.2) is 20.4 Å². The van der Waals surface area contributed by atoms with E-state index in [9.17, 15) is 14.4 Å². The Morgan fingerprint density at radius 1 is 1.36 bits per heavy atom. The van der Waals surface area contributed by atoms with Gasteiger partial charge in [-0.3, -0.25) is 14.2 Å². The molecular weight excluding hydrogens is 380 g/mol. The van der Waals surface area contributed by atoms with Crippen LogP contribution >= 0.6 is 11.3 Å². The van der Waals surface area contributed by atoms with Gasteiger partial charge in [0.15, 0.2) is 5.58 Å². The molecule has 1 aromatic carbocycles. The Labute approximate surface area is 161 Å². The van der Waals surface area contributed by atoms with Crippen molar-refractivity contribution in [3.05, 3.63) is 60.9 Å². The lowest BCUT2D eigenvalue weighted by Crippen LogP contribution is -2.27. The van der Waals surface area contributed by atoms with Crippen molar-refractivity contribution in [2.24, 2.45) is 7.05 Å². The van der Waals surface area contributed by atoms with E-state index in [1.807, 2.05) is 0 Å². The first-order valence-electron chi connectivity index (χ1n) is 8.92. The fourth-order valence-electron chi connectivity index (χ4n) is 3.66. The number of aromatic amines is 1. The highest BCUT2D eigenvalue weighted by Gasteiger charge is 2.22. The molecule has 0 aliphatic heterocycles. The van der Waals surface area contributed by atoms with E-state index in [2.05, 4.69) is 15.3 Å². The third kappa shape index (κ3) is 2.58. The summed E-state index contributed by atoms with van der Waals surface area (Å²) in [5.74, 6) is -0.888. The minimum absolute atomic E-state index is 0.00439. The van der Waals surface area contributed by atoms with Gasteiger partial charge < -0.3 is 14.7 Å². The van der Waals surface area contributed by atoms with Crippen molar-refractivity contribution in [1.29, 1.82) is 0 Å². The zero-order chi connectivity index (χ0) is 19.4. The number of fused-ring (bicyclic) bond motifs is 4. The summed E-state index contributed by atoms with van der Waals surface area (Å²) >= 11 is 1.50. The van der Waals surface area contributed by atoms with Gasteiger partial charge in [-0.25, -0.2) is 9.78 Å². The number of nitrogens with one attached hydrogen (secondary N) is 2. The number of hydrogen-bond acceptors (Lipinski definition) is 6. The van der Waals surface area contributed by atoms with Gasteiger partial charge in [-0.2, -0.15) is 0 Å². The van der Waals surface area contributed by atoms with Crippen LogP contribution in [0, 0.1) is 0 Å². The molecule has 4 aromatic rings. The molecule has 3 aromatic heterocycles. The maximum absolute atomic E-state index is 12.5. The highest BCUT2D eigenvalue weighted by atomic mass is 32.1. The van der Waals surface area contributed by atoms with Crippen LogP contribution in [0.15, 0.2) is 32.2 Å². The van der Waals surface area contributed by atoms with Crippen molar-refractivity contribution in [1.82, 2.24) is 19.9 Å². The number of oxazole rings is 1. The van der Waals surface area contributed by atoms with Gasteiger partial charge in [0.1, 0.15) is 4.83 Å². The summed E-state index contributed by atoms with van der Waals surface area (Å²) in [4.78, 5) is 45.3. The van der Waals surface area contributed by atoms with Crippen LogP contribution in [-0.2, 0) is 26.4 Å². The van der Waals surface area contributed by atoms with Gasteiger partial charge in [0, 0.05) is 18.5 Å². The number of nitrogens with zero attached hydrogens (tertiary/aromatic N) is 2. The van der Waals surface area contributed by atoms with E-state index >= 15 is 0 Å². The maximum Gasteiger partial charge on any atom is 0.419 e. The second kappa shape index (κ2) is 6.16. The summed E-state index contributed by atoms with van der Waals surface area (Å²) in [6.45, 7) is 0.218. The number of aryl methyl sites for hydroxylation is 3. The van der Waals surface area contributed by atoms with E-state index in [0.717, 1.165) is 30.4 Å². The number of benzene rings is 1. The summed E-state index contributed by atoms with van der Waals surface area (Å²) in [6, 6.07) is 5.28. The molecule has 9 heteroatoms. The molecule has 0 atom stereocenters. The maximum atomic E-state index is 12.5. The van der Waals surface area contributed by atoms with Crippen molar-refractivity contribution in [2.75, 3.05) is 0 Å². The summed E-state index contributed by atoms with van der Waals surface area (Å²) in [5.41, 5.74) is 2.73. The standard InChI is InChI=1S/C19H16N4O4S/c1-23-11-6-5-9(7-12(11)27-19(23)26)8-20-17(25)15-21-16(24)14-10-3-2-4-13(10)28-18(14)22-15/h5-7H,2-4,8H2,1H3,(H,20,25)(H,21,22,24). The summed E-state index contributed by atoms with van der Waals surface area (Å²) in [6.07, 6.45) is 2.92. The van der Waals surface area contributed by atoms with Gasteiger partial charge in [0.05, 0.1) is 10.9 Å². The lowest BCUT2D eigenvalue weighted by Gasteiger charge is -2.05. The normalized spacial score (nSPS) is 13.3. The molecule has 0 saturated carbocycles. The molecule has 142 valence electrons. The molecular formula is C19H16N4O4S. The molecule has 0 saturated heterocycles. The molecule has 1 aliphatic rings. The van der Waals surface area contributed by atoms with Gasteiger partial charge in [0.25, 0.3) is 11.5 Å². The highest BCUT2D eigenvalue weighted by Crippen LogP contribution is 2.34. The second-order valence-corrected chi connectivity index (χ2v) is 7.95. The smallest absolute Gasteiger partial charge is 0.408 e. The van der Waals surface area contributed by atoms with E-state index in [-0.39, 0.29) is 17.9 Å². The molecule has 8 nitrogen and oxygen atoms in total. The molecule has 1 amide bonds. The van der Waals surface area contributed by atoms with Crippen LogP contribution in [0.1, 0.15) is 33.0 Å². The first-order chi connectivity index (χ1) is 13.5. The van der Waals surface area contributed by atoms with Gasteiger partial charge in [-0.1, -0.05) is 6.07 Å². The van der Waals surface area contributed by atoms with Gasteiger partial charge in [-0.05, 0) is 42.5 Å². The molecule has 0 bridgehead atoms. The average molecular weight is 396 g/mol. The number of hydrogen-bond donors (Lipinski definition) is 2. The van der Waals surface area contributed by atoms with E-state index in [4.69, 9.17) is 4.42 Å². The molecule has 0 unspecified atom stereocenters. The van der Waals surface area contributed by atoms with E-state index < -0.39 is 11.7 Å². The summed E-state index contributed by atoms with van der Waals surface area (Å²) in [7, 11) is 1.63. The molecule has 0 radical (unpaired) electrons. The molecule has 0 fully saturated rings. The molecule has 28 heavy (non-hydrogen) atoms. The predicted molar refractivity (Wildman–Crippen MR) is 105 cm³/mol. The lowest BCUT2D eigenvalue weighted by molar-refractivity contribution is 0.0940. The fraction of sp³-hybridized carbons (Fsp3) is 0.263. The monoisotopic (exact) mass is 396 g/mol. The quantitative estimate of drug-likeness (QED) is 0.549. The average Bonchev–Trinajstić information content (AvgIpc) is 3.33. The minimum Gasteiger partial charge on any atom is -0.408 e. The number of amides is 1. The highest BCUT2D eigenvalue weighted by molar-refractivity contribution is 7.18. The molecule has 3 heterocycles. The molecule has 2 N–H and O–H groups in total. The number of carbonyl (C=O) groups is 1. The van der Waals surface area contributed by atoms with Crippen LogP contribution in [0.2, 0.25) is 0 Å². The second-order valence-electron chi connectivity index (χ2n) is 6.86. The summed E-state index contributed by atoms with van der Waals surface area (Å²) in [5, 5.41) is 3.37. The Hall–Kier alpha value is -3.20. The third-order valence-electron chi connectivity index (χ3n) is 5.10. The molecule has 5 rings (SSSR count). The number of H-pyrrole nitrogens is 1. The van der Waals surface area contributed by atoms with Crippen molar-refractivity contribution >= 4 is 38.6 Å². The minimum atomic E-state index is -0.456. The van der Waals surface area contributed by atoms with Gasteiger partial charge in [-0.15, -0.1) is 11.3 Å². The number of thiophene rings is 1. The number of aromatic nitrogens is 3. The topological polar surface area (TPSA) is 110 Å². The number of rotatable bonds is 3. The van der Waals surface area contributed by atoms with Crippen LogP contribution in [0.4, 0.5) is 0 Å². The van der Waals surface area contributed by atoms with Crippen molar-refractivity contribution < 1.29 is 9.21 Å². The van der Waals surface area contributed by atoms with Crippen LogP contribution in [0.5, 0.6) is 0 Å². The SMILES string of the molecule is Cn1c(=O)oc2cc(CNC(=O)c3nc4sc5c(c4c(=O)[nH]3)CCC5)ccc21. The zero-order valence-electron chi connectivity index (χ0n) is 15.0. The van der Waals surface area contributed by atoms with Crippen LogP contribution < -0.4 is 16.6 Å². The summed E-state index contributed by atoms with van der Waals surface area (Å²) < 4.78 is 6.58. The zero-order valence-corrected chi connectivity index (χ0v) is 15.8. The third-order valence-corrected chi connectivity index (χ3v) is 6.29.